The minimum atomic E-state index is -0.967. The number of carbonyl (C=O) groups is 2. The highest BCUT2D eigenvalue weighted by molar-refractivity contribution is 5.92. The number of aliphatic carboxylic acids is 1. The Morgan fingerprint density at radius 3 is 2.26 bits per heavy atom. The van der Waals surface area contributed by atoms with Gasteiger partial charge in [0.15, 0.2) is 0 Å². The predicted molar refractivity (Wildman–Crippen MR) is 133 cm³/mol. The van der Waals surface area contributed by atoms with Crippen LogP contribution in [0.4, 0.5) is 0 Å². The molecule has 0 aliphatic heterocycles. The van der Waals surface area contributed by atoms with Gasteiger partial charge >= 0.3 is 5.97 Å². The van der Waals surface area contributed by atoms with Gasteiger partial charge in [0, 0.05) is 11.8 Å². The van der Waals surface area contributed by atoms with Gasteiger partial charge in [0.2, 0.25) is 0 Å². The molecule has 5 rings (SSSR count). The third-order valence-corrected chi connectivity index (χ3v) is 13.1. The van der Waals surface area contributed by atoms with Crippen molar-refractivity contribution in [3.8, 4) is 0 Å². The van der Waals surface area contributed by atoms with E-state index in [2.05, 4.69) is 47.6 Å². The molecule has 0 aromatic carbocycles. The maximum absolute atomic E-state index is 13.4. The first-order valence-corrected chi connectivity index (χ1v) is 13.7. The lowest BCUT2D eigenvalue weighted by Crippen LogP contribution is -2.65. The van der Waals surface area contributed by atoms with Gasteiger partial charge < -0.3 is 10.2 Å². The summed E-state index contributed by atoms with van der Waals surface area (Å²) in [5.41, 5.74) is 0.251. The fourth-order valence-electron chi connectivity index (χ4n) is 10.4. The Labute approximate surface area is 206 Å². The molecule has 9 atom stereocenters. The highest BCUT2D eigenvalue weighted by Gasteiger charge is 2.69. The van der Waals surface area contributed by atoms with E-state index in [4.69, 9.17) is 0 Å². The predicted octanol–water partition coefficient (Wildman–Crippen LogP) is 6.41. The summed E-state index contributed by atoms with van der Waals surface area (Å²) in [6.45, 7) is 15.9. The van der Waals surface area contributed by atoms with Crippen LogP contribution in [0, 0.1) is 50.2 Å². The van der Waals surface area contributed by atoms with Crippen LogP contribution in [0.5, 0.6) is 0 Å². The summed E-state index contributed by atoms with van der Waals surface area (Å²) < 4.78 is 0. The number of rotatable bonds is 1. The van der Waals surface area contributed by atoms with Crippen molar-refractivity contribution in [2.75, 3.05) is 0 Å². The summed E-state index contributed by atoms with van der Waals surface area (Å²) in [5, 5.41) is 20.9. The van der Waals surface area contributed by atoms with Gasteiger partial charge in [0.05, 0.1) is 11.5 Å². The molecule has 0 heterocycles. The van der Waals surface area contributed by atoms with Crippen LogP contribution < -0.4 is 0 Å². The molecule has 34 heavy (non-hydrogen) atoms. The Morgan fingerprint density at radius 1 is 0.941 bits per heavy atom. The third kappa shape index (κ3) is 2.75. The first-order chi connectivity index (χ1) is 15.6. The molecule has 4 nitrogen and oxygen atoms in total. The third-order valence-electron chi connectivity index (χ3n) is 13.1. The molecule has 0 bridgehead atoms. The lowest BCUT2D eigenvalue weighted by Gasteiger charge is -2.71. The molecule has 0 saturated heterocycles. The maximum Gasteiger partial charge on any atom is 0.309 e. The molecule has 4 saturated carbocycles. The van der Waals surface area contributed by atoms with Crippen molar-refractivity contribution in [1.29, 1.82) is 0 Å². The Bertz CT molecular complexity index is 965. The lowest BCUT2D eigenvalue weighted by molar-refractivity contribution is -0.203. The van der Waals surface area contributed by atoms with Gasteiger partial charge in [-0.15, -0.1) is 0 Å². The zero-order valence-electron chi connectivity index (χ0n) is 22.5. The van der Waals surface area contributed by atoms with Crippen LogP contribution in [-0.4, -0.2) is 28.1 Å². The van der Waals surface area contributed by atoms with Crippen LogP contribution in [0.1, 0.15) is 106 Å². The van der Waals surface area contributed by atoms with E-state index in [1.54, 1.807) is 6.92 Å². The average Bonchev–Trinajstić information content (AvgIpc) is 2.73. The van der Waals surface area contributed by atoms with E-state index < -0.39 is 16.8 Å². The van der Waals surface area contributed by atoms with Crippen molar-refractivity contribution < 1.29 is 19.8 Å². The van der Waals surface area contributed by atoms with Crippen LogP contribution in [0.3, 0.4) is 0 Å². The Hall–Kier alpha value is -1.16. The Kier molecular flexibility index (Phi) is 5.04. The number of aliphatic hydroxyl groups excluding tert-OH is 1. The second-order valence-electron chi connectivity index (χ2n) is 14.8. The van der Waals surface area contributed by atoms with Gasteiger partial charge in [-0.1, -0.05) is 53.2 Å². The van der Waals surface area contributed by atoms with E-state index in [-0.39, 0.29) is 45.9 Å². The molecule has 0 aromatic heterocycles. The van der Waals surface area contributed by atoms with E-state index in [1.165, 1.54) is 5.57 Å². The number of carbonyl (C=O) groups excluding carboxylic acids is 1. The summed E-state index contributed by atoms with van der Waals surface area (Å²) in [6, 6.07) is 0. The highest BCUT2D eigenvalue weighted by Crippen LogP contribution is 2.75. The SMILES string of the molecule is CC1(C)[C@@H](O)CC[C@]2(C)[C@H]3CC=C4[C@@H]5C[C@@](C)(C(=O)O)CC(=O)[C@]5(C)CC[C@@]4(C)[C@]3(C)CC[C@@H]12. The number of hydrogen-bond donors (Lipinski definition) is 2. The molecule has 190 valence electrons. The van der Waals surface area contributed by atoms with Crippen molar-refractivity contribution >= 4 is 11.8 Å². The number of ketones is 1. The standard InChI is InChI=1S/C30H46O4/c1-25(2)20-10-13-30(7)21(28(20,5)12-11-22(25)31)9-8-18-19-16-26(3,24(33)34)17-23(32)27(19,4)14-15-29(18,30)6/h8,19-22,31H,9-17H2,1-7H3,(H,33,34)/t19-,20-,21+,22-,26+,27+,28-,29+,30+/m0/s1. The van der Waals surface area contributed by atoms with Gasteiger partial charge in [0.25, 0.3) is 0 Å². The Balaban J connectivity index is 1.59. The quantitative estimate of drug-likeness (QED) is 0.434. The molecular formula is C30H46O4. The topological polar surface area (TPSA) is 74.6 Å². The van der Waals surface area contributed by atoms with Crippen molar-refractivity contribution in [3.63, 3.8) is 0 Å². The molecule has 5 aliphatic rings. The van der Waals surface area contributed by atoms with Crippen molar-refractivity contribution in [2.45, 2.75) is 112 Å². The first-order valence-electron chi connectivity index (χ1n) is 13.7. The summed E-state index contributed by atoms with van der Waals surface area (Å²) in [4.78, 5) is 25.7. The molecule has 0 aromatic rings. The summed E-state index contributed by atoms with van der Waals surface area (Å²) in [6.07, 6.45) is 10.1. The fraction of sp³-hybridized carbons (Fsp3) is 0.867. The highest BCUT2D eigenvalue weighted by atomic mass is 16.4. The lowest BCUT2D eigenvalue weighted by atomic mass is 9.33. The zero-order valence-corrected chi connectivity index (χ0v) is 22.5. The number of carboxylic acids is 1. The number of allylic oxidation sites excluding steroid dienone is 2. The van der Waals surface area contributed by atoms with Gasteiger partial charge in [-0.25, -0.2) is 0 Å². The molecule has 0 amide bonds. The fourth-order valence-corrected chi connectivity index (χ4v) is 10.4. The van der Waals surface area contributed by atoms with Crippen molar-refractivity contribution in [3.05, 3.63) is 11.6 Å². The van der Waals surface area contributed by atoms with Gasteiger partial charge in [-0.2, -0.15) is 0 Å². The number of fused-ring (bicyclic) bond motifs is 7. The number of aliphatic hydroxyl groups is 1. The first kappa shape index (κ1) is 24.5. The second-order valence-corrected chi connectivity index (χ2v) is 14.8. The molecule has 0 spiro atoms. The van der Waals surface area contributed by atoms with E-state index in [0.717, 1.165) is 44.9 Å². The molecule has 4 fully saturated rings. The second kappa shape index (κ2) is 6.99. The number of hydrogen-bond acceptors (Lipinski definition) is 3. The molecule has 4 heteroatoms. The largest absolute Gasteiger partial charge is 0.481 e. The molecule has 2 N–H and O–H groups in total. The zero-order chi connectivity index (χ0) is 25.1. The monoisotopic (exact) mass is 470 g/mol. The van der Waals surface area contributed by atoms with Crippen LogP contribution in [0.2, 0.25) is 0 Å². The number of Topliss-reactive ketones (excluding diaryl/α,β-unsaturated/α-hetero) is 1. The van der Waals surface area contributed by atoms with E-state index in [9.17, 15) is 19.8 Å². The summed E-state index contributed by atoms with van der Waals surface area (Å²) in [7, 11) is 0. The summed E-state index contributed by atoms with van der Waals surface area (Å²) in [5.74, 6) is 0.422. The minimum absolute atomic E-state index is 0.00862. The van der Waals surface area contributed by atoms with Crippen LogP contribution in [0.25, 0.3) is 0 Å². The minimum Gasteiger partial charge on any atom is -0.481 e. The van der Waals surface area contributed by atoms with Gasteiger partial charge in [-0.05, 0) is 97.7 Å². The van der Waals surface area contributed by atoms with Crippen LogP contribution >= 0.6 is 0 Å². The molecule has 5 aliphatic carbocycles. The normalized spacial score (nSPS) is 54.1. The van der Waals surface area contributed by atoms with Crippen molar-refractivity contribution in [2.24, 2.45) is 50.2 Å². The van der Waals surface area contributed by atoms with Gasteiger partial charge in [0.1, 0.15) is 5.78 Å². The van der Waals surface area contributed by atoms with Crippen LogP contribution in [-0.2, 0) is 9.59 Å². The average molecular weight is 471 g/mol. The van der Waals surface area contributed by atoms with E-state index >= 15 is 0 Å². The smallest absolute Gasteiger partial charge is 0.309 e. The molecule has 0 unspecified atom stereocenters. The number of carboxylic acid groups (broad SMARTS) is 1. The summed E-state index contributed by atoms with van der Waals surface area (Å²) >= 11 is 0. The maximum atomic E-state index is 13.4. The van der Waals surface area contributed by atoms with Crippen LogP contribution in [0.15, 0.2) is 11.6 Å². The molecule has 0 radical (unpaired) electrons. The molecular weight excluding hydrogens is 424 g/mol. The van der Waals surface area contributed by atoms with E-state index in [1.807, 2.05) is 0 Å². The van der Waals surface area contributed by atoms with E-state index in [0.29, 0.717) is 18.3 Å². The Morgan fingerprint density at radius 2 is 1.62 bits per heavy atom. The van der Waals surface area contributed by atoms with Crippen molar-refractivity contribution in [1.82, 2.24) is 0 Å². The van der Waals surface area contributed by atoms with Gasteiger partial charge in [-0.3, -0.25) is 9.59 Å².